The Morgan fingerprint density at radius 1 is 1.53 bits per heavy atom. The van der Waals surface area contributed by atoms with Crippen LogP contribution in [0.4, 0.5) is 13.2 Å². The maximum absolute atomic E-state index is 12.5. The third-order valence-electron chi connectivity index (χ3n) is 2.42. The number of nitrogens with zero attached hydrogens (tertiary/aromatic N) is 2. The van der Waals surface area contributed by atoms with E-state index in [9.17, 15) is 18.0 Å². The van der Waals surface area contributed by atoms with Crippen LogP contribution in [-0.4, -0.2) is 15.8 Å². The Labute approximate surface area is 101 Å². The summed E-state index contributed by atoms with van der Waals surface area (Å²) in [7, 11) is 0. The van der Waals surface area contributed by atoms with Crippen LogP contribution in [0, 0.1) is 0 Å². The van der Waals surface area contributed by atoms with Crippen molar-refractivity contribution in [1.82, 2.24) is 9.55 Å². The van der Waals surface area contributed by atoms with Crippen LogP contribution in [0.3, 0.4) is 0 Å². The normalized spacial score (nSPS) is 13.8. The van der Waals surface area contributed by atoms with Crippen LogP contribution in [0.2, 0.25) is 0 Å². The van der Waals surface area contributed by atoms with Crippen molar-refractivity contribution in [2.75, 3.05) is 6.26 Å². The summed E-state index contributed by atoms with van der Waals surface area (Å²) in [6.45, 7) is 3.63. The highest BCUT2D eigenvalue weighted by Gasteiger charge is 2.34. The lowest BCUT2D eigenvalue weighted by Gasteiger charge is -2.17. The Bertz CT molecular complexity index is 456. The van der Waals surface area contributed by atoms with Crippen molar-refractivity contribution < 1.29 is 13.2 Å². The fourth-order valence-electron chi connectivity index (χ4n) is 1.35. The predicted molar refractivity (Wildman–Crippen MR) is 60.3 cm³/mol. The molecule has 0 aliphatic heterocycles. The topological polar surface area (TPSA) is 34.9 Å². The number of alkyl halides is 3. The minimum Gasteiger partial charge on any atom is -0.285 e. The Hall–Kier alpha value is -0.980. The SMILES string of the molecule is CCC(C)n1c(SC)nc(C(F)(F)F)cc1=O. The second kappa shape index (κ2) is 5.12. The molecule has 0 spiro atoms. The van der Waals surface area contributed by atoms with Gasteiger partial charge in [0.25, 0.3) is 5.56 Å². The molecule has 0 N–H and O–H groups in total. The minimum atomic E-state index is -4.59. The first-order valence-corrected chi connectivity index (χ1v) is 6.28. The van der Waals surface area contributed by atoms with E-state index < -0.39 is 17.4 Å². The number of rotatable bonds is 3. The molecular formula is C10H13F3N2OS. The Morgan fingerprint density at radius 3 is 2.53 bits per heavy atom. The largest absolute Gasteiger partial charge is 0.433 e. The smallest absolute Gasteiger partial charge is 0.285 e. The van der Waals surface area contributed by atoms with E-state index in [4.69, 9.17) is 0 Å². The summed E-state index contributed by atoms with van der Waals surface area (Å²) in [6, 6.07) is 0.381. The van der Waals surface area contributed by atoms with Crippen LogP contribution in [0.15, 0.2) is 16.0 Å². The van der Waals surface area contributed by atoms with Gasteiger partial charge in [0.05, 0.1) is 0 Å². The molecular weight excluding hydrogens is 253 g/mol. The molecule has 0 radical (unpaired) electrons. The number of aromatic nitrogens is 2. The van der Waals surface area contributed by atoms with Gasteiger partial charge in [-0.25, -0.2) is 4.98 Å². The fraction of sp³-hybridized carbons (Fsp3) is 0.600. The van der Waals surface area contributed by atoms with E-state index in [0.29, 0.717) is 12.5 Å². The van der Waals surface area contributed by atoms with Gasteiger partial charge in [-0.2, -0.15) is 13.2 Å². The van der Waals surface area contributed by atoms with Crippen molar-refractivity contribution >= 4 is 11.8 Å². The zero-order chi connectivity index (χ0) is 13.2. The van der Waals surface area contributed by atoms with E-state index in [1.165, 1.54) is 4.57 Å². The number of thioether (sulfide) groups is 1. The lowest BCUT2D eigenvalue weighted by atomic mass is 10.2. The molecule has 0 aliphatic carbocycles. The quantitative estimate of drug-likeness (QED) is 0.623. The summed E-state index contributed by atoms with van der Waals surface area (Å²) >= 11 is 1.04. The molecule has 96 valence electrons. The summed E-state index contributed by atoms with van der Waals surface area (Å²) in [5, 5.41) is 0.0965. The molecule has 0 saturated heterocycles. The highest BCUT2D eigenvalue weighted by Crippen LogP contribution is 2.28. The lowest BCUT2D eigenvalue weighted by molar-refractivity contribution is -0.141. The summed E-state index contributed by atoms with van der Waals surface area (Å²) in [4.78, 5) is 15.2. The molecule has 1 rings (SSSR count). The van der Waals surface area contributed by atoms with Crippen LogP contribution < -0.4 is 5.56 Å². The predicted octanol–water partition coefficient (Wildman–Crippen LogP) is 2.96. The van der Waals surface area contributed by atoms with Gasteiger partial charge in [-0.05, 0) is 19.6 Å². The molecule has 1 unspecified atom stereocenters. The lowest BCUT2D eigenvalue weighted by Crippen LogP contribution is -2.28. The Kier molecular flexibility index (Phi) is 4.24. The van der Waals surface area contributed by atoms with E-state index in [2.05, 4.69) is 4.98 Å². The van der Waals surface area contributed by atoms with E-state index in [0.717, 1.165) is 11.8 Å². The van der Waals surface area contributed by atoms with Crippen molar-refractivity contribution in [1.29, 1.82) is 0 Å². The first-order chi connectivity index (χ1) is 7.81. The summed E-state index contributed by atoms with van der Waals surface area (Å²) in [5.41, 5.74) is -1.79. The van der Waals surface area contributed by atoms with E-state index >= 15 is 0 Å². The molecule has 3 nitrogen and oxygen atoms in total. The standard InChI is InChI=1S/C10H13F3N2OS/c1-4-6(2)15-8(16)5-7(10(11,12)13)14-9(15)17-3/h5-6H,4H2,1-3H3. The molecule has 17 heavy (non-hydrogen) atoms. The van der Waals surface area contributed by atoms with Gasteiger partial charge in [0, 0.05) is 12.1 Å². The van der Waals surface area contributed by atoms with Gasteiger partial charge in [0.1, 0.15) is 0 Å². The zero-order valence-corrected chi connectivity index (χ0v) is 10.5. The number of halogens is 3. The van der Waals surface area contributed by atoms with Gasteiger partial charge in [0.15, 0.2) is 10.9 Å². The van der Waals surface area contributed by atoms with Crippen molar-refractivity contribution in [2.24, 2.45) is 0 Å². The fourth-order valence-corrected chi connectivity index (χ4v) is 2.00. The Morgan fingerprint density at radius 2 is 2.12 bits per heavy atom. The van der Waals surface area contributed by atoms with Crippen LogP contribution in [0.1, 0.15) is 32.0 Å². The van der Waals surface area contributed by atoms with Gasteiger partial charge >= 0.3 is 6.18 Å². The minimum absolute atomic E-state index is 0.0965. The average molecular weight is 266 g/mol. The highest BCUT2D eigenvalue weighted by molar-refractivity contribution is 7.98. The molecule has 1 heterocycles. The zero-order valence-electron chi connectivity index (χ0n) is 9.71. The average Bonchev–Trinajstić information content (AvgIpc) is 2.25. The first-order valence-electron chi connectivity index (χ1n) is 5.06. The molecule has 1 aromatic heterocycles. The highest BCUT2D eigenvalue weighted by atomic mass is 32.2. The summed E-state index contributed by atoms with van der Waals surface area (Å²) < 4.78 is 38.7. The molecule has 0 aromatic carbocycles. The molecule has 7 heteroatoms. The van der Waals surface area contributed by atoms with Crippen LogP contribution in [0.25, 0.3) is 0 Å². The monoisotopic (exact) mass is 266 g/mol. The summed E-state index contributed by atoms with van der Waals surface area (Å²) in [6.07, 6.45) is -2.33. The van der Waals surface area contributed by atoms with Gasteiger partial charge in [-0.1, -0.05) is 18.7 Å². The van der Waals surface area contributed by atoms with Crippen LogP contribution in [0.5, 0.6) is 0 Å². The Balaban J connectivity index is 3.42. The molecule has 0 bridgehead atoms. The van der Waals surface area contributed by atoms with Crippen molar-refractivity contribution in [3.8, 4) is 0 Å². The van der Waals surface area contributed by atoms with Gasteiger partial charge in [-0.15, -0.1) is 0 Å². The van der Waals surface area contributed by atoms with Gasteiger partial charge in [-0.3, -0.25) is 9.36 Å². The van der Waals surface area contributed by atoms with Gasteiger partial charge < -0.3 is 0 Å². The third-order valence-corrected chi connectivity index (χ3v) is 3.08. The first kappa shape index (κ1) is 14.1. The van der Waals surface area contributed by atoms with Crippen LogP contribution >= 0.6 is 11.8 Å². The molecule has 0 amide bonds. The molecule has 1 aromatic rings. The molecule has 0 fully saturated rings. The van der Waals surface area contributed by atoms with Gasteiger partial charge in [0.2, 0.25) is 0 Å². The maximum atomic E-state index is 12.5. The summed E-state index contributed by atoms with van der Waals surface area (Å²) in [5.74, 6) is 0. The number of hydrogen-bond donors (Lipinski definition) is 0. The molecule has 0 aliphatic rings. The van der Waals surface area contributed by atoms with Crippen molar-refractivity contribution in [3.05, 3.63) is 22.1 Å². The molecule has 1 atom stereocenters. The number of hydrogen-bond acceptors (Lipinski definition) is 3. The van der Waals surface area contributed by atoms with E-state index in [1.54, 1.807) is 13.2 Å². The van der Waals surface area contributed by atoms with Crippen molar-refractivity contribution in [3.63, 3.8) is 0 Å². The second-order valence-electron chi connectivity index (χ2n) is 3.59. The van der Waals surface area contributed by atoms with E-state index in [-0.39, 0.29) is 11.2 Å². The molecule has 0 saturated carbocycles. The third kappa shape index (κ3) is 3.02. The van der Waals surface area contributed by atoms with E-state index in [1.807, 2.05) is 6.92 Å². The second-order valence-corrected chi connectivity index (χ2v) is 4.36. The maximum Gasteiger partial charge on any atom is 0.433 e. The van der Waals surface area contributed by atoms with Crippen molar-refractivity contribution in [2.45, 2.75) is 37.6 Å². The van der Waals surface area contributed by atoms with Crippen LogP contribution in [-0.2, 0) is 6.18 Å².